The molecular formula is C23H30ClN3O3. The molecule has 6 nitrogen and oxygen atoms in total. The van der Waals surface area contributed by atoms with Crippen LogP contribution < -0.4 is 11.1 Å². The summed E-state index contributed by atoms with van der Waals surface area (Å²) < 4.78 is 5.69. The van der Waals surface area contributed by atoms with Crippen LogP contribution in [0.5, 0.6) is 0 Å². The highest BCUT2D eigenvalue weighted by Crippen LogP contribution is 2.15. The first kappa shape index (κ1) is 23.9. The summed E-state index contributed by atoms with van der Waals surface area (Å²) in [6.07, 6.45) is 0.575. The number of carbonyl (C=O) groups is 2. The van der Waals surface area contributed by atoms with Crippen molar-refractivity contribution in [3.8, 4) is 0 Å². The Kier molecular flexibility index (Phi) is 8.84. The Balaban J connectivity index is 0.00000320. The second kappa shape index (κ2) is 11.1. The van der Waals surface area contributed by atoms with Crippen molar-refractivity contribution < 1.29 is 14.3 Å². The topological polar surface area (TPSA) is 84.7 Å². The molecule has 1 fully saturated rings. The van der Waals surface area contributed by atoms with Gasteiger partial charge in [-0.3, -0.25) is 9.59 Å². The average molecular weight is 432 g/mol. The first-order valence-corrected chi connectivity index (χ1v) is 10.0. The van der Waals surface area contributed by atoms with Crippen molar-refractivity contribution in [2.45, 2.75) is 45.1 Å². The Bertz CT molecular complexity index is 819. The van der Waals surface area contributed by atoms with Gasteiger partial charge in [0.2, 0.25) is 5.91 Å². The number of hydrogen-bond donors (Lipinski definition) is 2. The third-order valence-electron chi connectivity index (χ3n) is 5.01. The van der Waals surface area contributed by atoms with Crippen LogP contribution >= 0.6 is 12.4 Å². The van der Waals surface area contributed by atoms with E-state index in [1.165, 1.54) is 0 Å². The fourth-order valence-corrected chi connectivity index (χ4v) is 3.57. The van der Waals surface area contributed by atoms with Crippen LogP contribution in [0.25, 0.3) is 0 Å². The maximum Gasteiger partial charge on any atom is 0.254 e. The summed E-state index contributed by atoms with van der Waals surface area (Å²) >= 11 is 0. The second-order valence-electron chi connectivity index (χ2n) is 7.68. The van der Waals surface area contributed by atoms with Gasteiger partial charge in [-0.1, -0.05) is 42.5 Å². The first-order valence-electron chi connectivity index (χ1n) is 10.0. The van der Waals surface area contributed by atoms with Gasteiger partial charge in [0.15, 0.2) is 0 Å². The number of hydrogen-bond acceptors (Lipinski definition) is 4. The van der Waals surface area contributed by atoms with Gasteiger partial charge in [-0.25, -0.2) is 0 Å². The molecule has 30 heavy (non-hydrogen) atoms. The lowest BCUT2D eigenvalue weighted by Crippen LogP contribution is -2.48. The lowest BCUT2D eigenvalue weighted by atomic mass is 10.1. The van der Waals surface area contributed by atoms with Crippen LogP contribution in [-0.2, 0) is 22.5 Å². The van der Waals surface area contributed by atoms with E-state index in [9.17, 15) is 9.59 Å². The van der Waals surface area contributed by atoms with Gasteiger partial charge in [0.05, 0.1) is 18.2 Å². The summed E-state index contributed by atoms with van der Waals surface area (Å²) in [6.45, 7) is 5.52. The van der Waals surface area contributed by atoms with E-state index in [4.69, 9.17) is 10.5 Å². The number of rotatable bonds is 6. The van der Waals surface area contributed by atoms with Crippen LogP contribution in [0.4, 0.5) is 0 Å². The summed E-state index contributed by atoms with van der Waals surface area (Å²) in [4.78, 5) is 26.8. The van der Waals surface area contributed by atoms with E-state index in [1.54, 1.807) is 12.1 Å². The summed E-state index contributed by atoms with van der Waals surface area (Å²) in [7, 11) is 0. The molecule has 1 aliphatic rings. The van der Waals surface area contributed by atoms with Crippen LogP contribution in [0, 0.1) is 0 Å². The Morgan fingerprint density at radius 3 is 2.23 bits per heavy atom. The molecule has 3 N–H and O–H groups in total. The Hall–Kier alpha value is -2.41. The van der Waals surface area contributed by atoms with Crippen molar-refractivity contribution in [1.29, 1.82) is 0 Å². The van der Waals surface area contributed by atoms with E-state index in [1.807, 2.05) is 61.2 Å². The fourth-order valence-electron chi connectivity index (χ4n) is 3.57. The van der Waals surface area contributed by atoms with Crippen LogP contribution in [-0.4, -0.2) is 48.1 Å². The third-order valence-corrected chi connectivity index (χ3v) is 5.01. The Labute approximate surface area is 184 Å². The summed E-state index contributed by atoms with van der Waals surface area (Å²) in [5, 5.41) is 2.87. The fraction of sp³-hybridized carbons (Fsp3) is 0.391. The predicted molar refractivity (Wildman–Crippen MR) is 120 cm³/mol. The average Bonchev–Trinajstić information content (AvgIpc) is 2.72. The highest BCUT2D eigenvalue weighted by molar-refractivity contribution is 5.94. The molecular weight excluding hydrogens is 402 g/mol. The van der Waals surface area contributed by atoms with Crippen LogP contribution in [0.15, 0.2) is 54.6 Å². The van der Waals surface area contributed by atoms with E-state index in [2.05, 4.69) is 5.32 Å². The minimum atomic E-state index is -0.594. The van der Waals surface area contributed by atoms with Gasteiger partial charge in [-0.15, -0.1) is 12.4 Å². The molecule has 1 aliphatic heterocycles. The van der Waals surface area contributed by atoms with E-state index in [-0.39, 0.29) is 36.4 Å². The minimum Gasteiger partial charge on any atom is -0.372 e. The highest BCUT2D eigenvalue weighted by Gasteiger charge is 2.26. The number of carbonyl (C=O) groups excluding carboxylic acids is 2. The molecule has 0 bridgehead atoms. The zero-order valence-corrected chi connectivity index (χ0v) is 18.2. The number of benzene rings is 2. The van der Waals surface area contributed by atoms with Gasteiger partial charge in [-0.05, 0) is 43.5 Å². The maximum atomic E-state index is 12.7. The summed E-state index contributed by atoms with van der Waals surface area (Å²) in [6, 6.07) is 16.5. The normalized spacial score (nSPS) is 19.5. The van der Waals surface area contributed by atoms with E-state index < -0.39 is 6.04 Å². The van der Waals surface area contributed by atoms with E-state index in [0.717, 1.165) is 11.1 Å². The molecule has 2 unspecified atom stereocenters. The molecule has 0 radical (unpaired) electrons. The molecule has 7 heteroatoms. The van der Waals surface area contributed by atoms with Gasteiger partial charge >= 0.3 is 0 Å². The Morgan fingerprint density at radius 2 is 1.63 bits per heavy atom. The number of amides is 2. The Morgan fingerprint density at radius 1 is 1.03 bits per heavy atom. The molecule has 162 valence electrons. The molecule has 2 aromatic rings. The van der Waals surface area contributed by atoms with Gasteiger partial charge in [0.1, 0.15) is 0 Å². The zero-order valence-electron chi connectivity index (χ0n) is 17.4. The second-order valence-corrected chi connectivity index (χ2v) is 7.68. The van der Waals surface area contributed by atoms with Crippen molar-refractivity contribution in [2.75, 3.05) is 13.1 Å². The molecule has 2 aromatic carbocycles. The number of halogens is 1. The van der Waals surface area contributed by atoms with Crippen molar-refractivity contribution in [2.24, 2.45) is 5.73 Å². The standard InChI is InChI=1S/C23H29N3O3.ClH/c1-16-14-26(15-17(2)29-16)23(28)20-10-8-19(9-11-20)13-25-22(27)21(24)12-18-6-4-3-5-7-18;/h3-11,16-17,21H,12-15,24H2,1-2H3,(H,25,27);1H/t16?,17?,21-;/m0./s1. The van der Waals surface area contributed by atoms with Crippen molar-refractivity contribution >= 4 is 24.2 Å². The quantitative estimate of drug-likeness (QED) is 0.736. The van der Waals surface area contributed by atoms with Crippen LogP contribution in [0.1, 0.15) is 35.3 Å². The molecule has 0 saturated carbocycles. The molecule has 3 rings (SSSR count). The number of nitrogens with zero attached hydrogens (tertiary/aromatic N) is 1. The first-order chi connectivity index (χ1) is 13.9. The molecule has 1 heterocycles. The number of morpholine rings is 1. The SMILES string of the molecule is CC1CN(C(=O)c2ccc(CNC(=O)[C@@H](N)Cc3ccccc3)cc2)CC(C)O1.Cl. The smallest absolute Gasteiger partial charge is 0.254 e. The monoisotopic (exact) mass is 431 g/mol. The number of ether oxygens (including phenoxy) is 1. The van der Waals surface area contributed by atoms with Crippen LogP contribution in [0.2, 0.25) is 0 Å². The lowest BCUT2D eigenvalue weighted by Gasteiger charge is -2.35. The summed E-state index contributed by atoms with van der Waals surface area (Å²) in [5.41, 5.74) is 8.60. The van der Waals surface area contributed by atoms with E-state index >= 15 is 0 Å². The lowest BCUT2D eigenvalue weighted by molar-refractivity contribution is -0.122. The van der Waals surface area contributed by atoms with E-state index in [0.29, 0.717) is 31.6 Å². The molecule has 1 saturated heterocycles. The van der Waals surface area contributed by atoms with Gasteiger partial charge in [0.25, 0.3) is 5.91 Å². The third kappa shape index (κ3) is 6.55. The molecule has 0 aliphatic carbocycles. The molecule has 0 spiro atoms. The van der Waals surface area contributed by atoms with Crippen molar-refractivity contribution in [3.05, 3.63) is 71.3 Å². The molecule has 0 aromatic heterocycles. The van der Waals surface area contributed by atoms with Crippen molar-refractivity contribution in [3.63, 3.8) is 0 Å². The number of nitrogens with two attached hydrogens (primary N) is 1. The number of nitrogens with one attached hydrogen (secondary N) is 1. The largest absolute Gasteiger partial charge is 0.372 e. The van der Waals surface area contributed by atoms with Gasteiger partial charge < -0.3 is 20.7 Å². The van der Waals surface area contributed by atoms with Crippen molar-refractivity contribution in [1.82, 2.24) is 10.2 Å². The summed E-state index contributed by atoms with van der Waals surface area (Å²) in [5.74, 6) is -0.183. The highest BCUT2D eigenvalue weighted by atomic mass is 35.5. The maximum absolute atomic E-state index is 12.7. The predicted octanol–water partition coefficient (Wildman–Crippen LogP) is 2.54. The zero-order chi connectivity index (χ0) is 20.8. The minimum absolute atomic E-state index is 0. The van der Waals surface area contributed by atoms with Crippen LogP contribution in [0.3, 0.4) is 0 Å². The van der Waals surface area contributed by atoms with Gasteiger partial charge in [-0.2, -0.15) is 0 Å². The molecule has 2 amide bonds. The van der Waals surface area contributed by atoms with Gasteiger partial charge in [0, 0.05) is 25.2 Å². The molecule has 3 atom stereocenters.